The SMILES string of the molecule is CN(CCCOCCc1ccc2sccc2c1)CC1(O)OC(=O)C(=O)O1. The van der Waals surface area contributed by atoms with Gasteiger partial charge < -0.3 is 19.3 Å². The van der Waals surface area contributed by atoms with Crippen LogP contribution < -0.4 is 0 Å². The summed E-state index contributed by atoms with van der Waals surface area (Å²) in [6.45, 7) is 1.70. The number of nitrogens with zero attached hydrogens (tertiary/aromatic N) is 1. The Balaban J connectivity index is 1.30. The second kappa shape index (κ2) is 8.13. The lowest BCUT2D eigenvalue weighted by Gasteiger charge is -2.24. The van der Waals surface area contributed by atoms with E-state index < -0.39 is 17.9 Å². The number of ether oxygens (including phenoxy) is 3. The van der Waals surface area contributed by atoms with Crippen LogP contribution in [-0.4, -0.2) is 61.3 Å². The van der Waals surface area contributed by atoms with Gasteiger partial charge >= 0.3 is 17.9 Å². The molecule has 1 N–H and O–H groups in total. The van der Waals surface area contributed by atoms with Crippen LogP contribution in [0.25, 0.3) is 10.1 Å². The van der Waals surface area contributed by atoms with Crippen LogP contribution in [-0.2, 0) is 30.2 Å². The van der Waals surface area contributed by atoms with Crippen molar-refractivity contribution >= 4 is 33.4 Å². The van der Waals surface area contributed by atoms with Gasteiger partial charge in [-0.15, -0.1) is 11.3 Å². The van der Waals surface area contributed by atoms with Crippen molar-refractivity contribution in [3.63, 3.8) is 0 Å². The summed E-state index contributed by atoms with van der Waals surface area (Å²) in [5.41, 5.74) is 1.25. The molecule has 0 atom stereocenters. The molecule has 26 heavy (non-hydrogen) atoms. The lowest BCUT2D eigenvalue weighted by Crippen LogP contribution is -2.43. The van der Waals surface area contributed by atoms with Gasteiger partial charge in [-0.3, -0.25) is 4.90 Å². The molecule has 0 spiro atoms. The topological polar surface area (TPSA) is 85.3 Å². The number of thiophene rings is 1. The zero-order valence-corrected chi connectivity index (χ0v) is 15.3. The predicted molar refractivity (Wildman–Crippen MR) is 95.6 cm³/mol. The first-order chi connectivity index (χ1) is 12.5. The Bertz CT molecular complexity index is 773. The lowest BCUT2D eigenvalue weighted by molar-refractivity contribution is -0.296. The number of fused-ring (bicyclic) bond motifs is 1. The van der Waals surface area contributed by atoms with Crippen LogP contribution in [0.2, 0.25) is 0 Å². The summed E-state index contributed by atoms with van der Waals surface area (Å²) >= 11 is 1.74. The zero-order valence-electron chi connectivity index (χ0n) is 14.5. The van der Waals surface area contributed by atoms with Crippen molar-refractivity contribution < 1.29 is 28.9 Å². The van der Waals surface area contributed by atoms with Gasteiger partial charge in [-0.1, -0.05) is 12.1 Å². The van der Waals surface area contributed by atoms with Gasteiger partial charge in [-0.05, 0) is 48.4 Å². The first kappa shape index (κ1) is 18.8. The summed E-state index contributed by atoms with van der Waals surface area (Å²) < 4.78 is 16.0. The zero-order chi connectivity index (χ0) is 18.6. The van der Waals surface area contributed by atoms with E-state index in [1.807, 2.05) is 0 Å². The lowest BCUT2D eigenvalue weighted by atomic mass is 10.1. The summed E-state index contributed by atoms with van der Waals surface area (Å²) in [6, 6.07) is 8.57. The summed E-state index contributed by atoms with van der Waals surface area (Å²) in [7, 11) is 1.73. The predicted octanol–water partition coefficient (Wildman–Crippen LogP) is 1.53. The summed E-state index contributed by atoms with van der Waals surface area (Å²) in [6.07, 6.45) is 1.59. The third kappa shape index (κ3) is 4.79. The minimum Gasteiger partial charge on any atom is -0.388 e. The molecule has 1 aliphatic rings. The van der Waals surface area contributed by atoms with Crippen LogP contribution in [0.5, 0.6) is 0 Å². The van der Waals surface area contributed by atoms with Crippen molar-refractivity contribution in [2.45, 2.75) is 18.8 Å². The van der Waals surface area contributed by atoms with E-state index in [0.29, 0.717) is 19.8 Å². The molecule has 2 heterocycles. The maximum atomic E-state index is 11.0. The van der Waals surface area contributed by atoms with E-state index in [2.05, 4.69) is 39.1 Å². The molecular weight excluding hydrogens is 358 g/mol. The van der Waals surface area contributed by atoms with Gasteiger partial charge in [0.1, 0.15) is 6.54 Å². The van der Waals surface area contributed by atoms with Gasteiger partial charge in [-0.2, -0.15) is 0 Å². The average Bonchev–Trinajstić information content (AvgIpc) is 3.14. The molecule has 0 radical (unpaired) electrons. The van der Waals surface area contributed by atoms with E-state index >= 15 is 0 Å². The van der Waals surface area contributed by atoms with E-state index in [9.17, 15) is 14.7 Å². The summed E-state index contributed by atoms with van der Waals surface area (Å²) in [5.74, 6) is -4.54. The number of benzene rings is 1. The highest BCUT2D eigenvalue weighted by atomic mass is 32.1. The van der Waals surface area contributed by atoms with Gasteiger partial charge in [0, 0.05) is 17.9 Å². The van der Waals surface area contributed by atoms with Crippen LogP contribution in [0, 0.1) is 0 Å². The number of hydrogen-bond acceptors (Lipinski definition) is 8. The van der Waals surface area contributed by atoms with Gasteiger partial charge in [0.2, 0.25) is 0 Å². The smallest absolute Gasteiger partial charge is 0.388 e. The molecule has 1 aromatic carbocycles. The van der Waals surface area contributed by atoms with Crippen molar-refractivity contribution in [1.82, 2.24) is 4.90 Å². The number of rotatable bonds is 9. The highest BCUT2D eigenvalue weighted by molar-refractivity contribution is 7.17. The molecule has 1 saturated heterocycles. The molecule has 1 aromatic heterocycles. The fraction of sp³-hybridized carbons (Fsp3) is 0.444. The third-order valence-corrected chi connectivity index (χ3v) is 4.92. The Labute approximate surface area is 155 Å². The number of carbonyl (C=O) groups excluding carboxylic acids is 2. The van der Waals surface area contributed by atoms with E-state index in [1.165, 1.54) is 15.6 Å². The molecule has 0 saturated carbocycles. The molecule has 1 aliphatic heterocycles. The monoisotopic (exact) mass is 379 g/mol. The first-order valence-electron chi connectivity index (χ1n) is 8.36. The molecule has 8 heteroatoms. The van der Waals surface area contributed by atoms with Crippen LogP contribution in [0.3, 0.4) is 0 Å². The van der Waals surface area contributed by atoms with E-state index in [4.69, 9.17) is 4.74 Å². The number of carbonyl (C=O) groups is 2. The first-order valence-corrected chi connectivity index (χ1v) is 9.24. The quantitative estimate of drug-likeness (QED) is 0.402. The molecule has 140 valence electrons. The summed E-state index contributed by atoms with van der Waals surface area (Å²) in [5, 5.41) is 13.2. The van der Waals surface area contributed by atoms with Crippen LogP contribution in [0.15, 0.2) is 29.6 Å². The van der Waals surface area contributed by atoms with Crippen molar-refractivity contribution in [3.05, 3.63) is 35.2 Å². The number of esters is 2. The van der Waals surface area contributed by atoms with Crippen LogP contribution >= 0.6 is 11.3 Å². The average molecular weight is 379 g/mol. The molecule has 0 unspecified atom stereocenters. The third-order valence-electron chi connectivity index (χ3n) is 4.02. The van der Waals surface area contributed by atoms with Crippen LogP contribution in [0.1, 0.15) is 12.0 Å². The van der Waals surface area contributed by atoms with Gasteiger partial charge in [-0.25, -0.2) is 9.59 Å². The van der Waals surface area contributed by atoms with Crippen molar-refractivity contribution in [3.8, 4) is 0 Å². The Morgan fingerprint density at radius 2 is 1.96 bits per heavy atom. The van der Waals surface area contributed by atoms with Gasteiger partial charge in [0.15, 0.2) is 0 Å². The number of cyclic esters (lactones) is 2. The Morgan fingerprint density at radius 3 is 2.73 bits per heavy atom. The second-order valence-corrected chi connectivity index (χ2v) is 7.19. The summed E-state index contributed by atoms with van der Waals surface area (Å²) in [4.78, 5) is 23.7. The highest BCUT2D eigenvalue weighted by Gasteiger charge is 2.48. The fourth-order valence-electron chi connectivity index (χ4n) is 2.78. The van der Waals surface area contributed by atoms with E-state index in [1.54, 1.807) is 23.3 Å². The van der Waals surface area contributed by atoms with Crippen molar-refractivity contribution in [1.29, 1.82) is 0 Å². The molecule has 3 rings (SSSR count). The van der Waals surface area contributed by atoms with Gasteiger partial charge in [0.05, 0.1) is 6.61 Å². The fourth-order valence-corrected chi connectivity index (χ4v) is 3.55. The maximum Gasteiger partial charge on any atom is 0.422 e. The van der Waals surface area contributed by atoms with Crippen molar-refractivity contribution in [2.24, 2.45) is 0 Å². The highest BCUT2D eigenvalue weighted by Crippen LogP contribution is 2.22. The molecule has 2 aromatic rings. The molecule has 0 bridgehead atoms. The van der Waals surface area contributed by atoms with E-state index in [-0.39, 0.29) is 6.54 Å². The molecule has 0 aliphatic carbocycles. The standard InChI is InChI=1S/C18H21NO6S/c1-19(12-18(22)24-16(20)17(21)25-18)7-2-8-23-9-5-13-3-4-15-14(11-13)6-10-26-15/h3-4,6,10-11,22H,2,5,7-9,12H2,1H3. The number of likely N-dealkylation sites (N-methyl/N-ethyl adjacent to an activating group) is 1. The molecule has 0 amide bonds. The normalized spacial score (nSPS) is 16.3. The Morgan fingerprint density at radius 1 is 1.19 bits per heavy atom. The van der Waals surface area contributed by atoms with E-state index in [0.717, 1.165) is 12.8 Å². The van der Waals surface area contributed by atoms with Crippen molar-refractivity contribution in [2.75, 3.05) is 33.4 Å². The largest absolute Gasteiger partial charge is 0.422 e. The van der Waals surface area contributed by atoms with Crippen LogP contribution in [0.4, 0.5) is 0 Å². The molecule has 1 fully saturated rings. The number of hydrogen-bond donors (Lipinski definition) is 1. The Kier molecular flexibility index (Phi) is 5.87. The van der Waals surface area contributed by atoms with Gasteiger partial charge in [0.25, 0.3) is 0 Å². The molecular formula is C18H21NO6S. The minimum atomic E-state index is -2.19. The number of aliphatic hydroxyl groups is 1. The Hall–Kier alpha value is -2.00. The maximum absolute atomic E-state index is 11.0. The molecule has 7 nitrogen and oxygen atoms in total. The second-order valence-electron chi connectivity index (χ2n) is 6.24. The minimum absolute atomic E-state index is 0.106.